The Morgan fingerprint density at radius 3 is 2.39 bits per heavy atom. The summed E-state index contributed by atoms with van der Waals surface area (Å²) in [6.07, 6.45) is -9.31. The highest BCUT2D eigenvalue weighted by Gasteiger charge is 2.40. The minimum Gasteiger partial charge on any atom is -0.450 e. The fraction of sp³-hybridized carbons (Fsp3) is 0.529. The molecule has 1 saturated heterocycles. The predicted molar refractivity (Wildman–Crippen MR) is 88.1 cm³/mol. The smallest absolute Gasteiger partial charge is 0.450 e. The number of piperazine rings is 1. The molecule has 1 unspecified atom stereocenters. The predicted octanol–water partition coefficient (Wildman–Crippen LogP) is 3.23. The second-order valence-corrected chi connectivity index (χ2v) is 6.30. The molecule has 0 radical (unpaired) electrons. The van der Waals surface area contributed by atoms with Crippen LogP contribution in [0, 0.1) is 5.82 Å². The van der Waals surface area contributed by atoms with Gasteiger partial charge in [0.25, 0.3) is 0 Å². The number of alkyl halides is 3. The fourth-order valence-corrected chi connectivity index (χ4v) is 2.64. The van der Waals surface area contributed by atoms with Crippen LogP contribution < -0.4 is 0 Å². The number of carboxylic acid groups (broad SMARTS) is 1. The molecule has 7 nitrogen and oxygen atoms in total. The Labute approximate surface area is 158 Å². The summed E-state index contributed by atoms with van der Waals surface area (Å²) in [6.45, 7) is 1.89. The van der Waals surface area contributed by atoms with Crippen molar-refractivity contribution in [2.24, 2.45) is 0 Å². The molecule has 0 aromatic heterocycles. The number of carbonyl (C=O) groups is 2. The second kappa shape index (κ2) is 9.09. The van der Waals surface area contributed by atoms with Crippen molar-refractivity contribution in [1.29, 1.82) is 0 Å². The molecule has 1 aliphatic heterocycles. The average molecular weight is 408 g/mol. The van der Waals surface area contributed by atoms with Gasteiger partial charge in [-0.3, -0.25) is 4.90 Å². The van der Waals surface area contributed by atoms with Crippen LogP contribution in [0.25, 0.3) is 0 Å². The topological polar surface area (TPSA) is 79.3 Å². The maximum Gasteiger partial charge on any atom is 0.506 e. The second-order valence-electron chi connectivity index (χ2n) is 6.30. The van der Waals surface area contributed by atoms with Gasteiger partial charge in [0.15, 0.2) is 6.10 Å². The minimum absolute atomic E-state index is 0.172. The molecule has 1 heterocycles. The molecule has 11 heteroatoms. The molecule has 156 valence electrons. The van der Waals surface area contributed by atoms with Crippen LogP contribution in [-0.2, 0) is 22.6 Å². The Kier molecular flexibility index (Phi) is 7.05. The minimum atomic E-state index is -4.62. The zero-order valence-corrected chi connectivity index (χ0v) is 15.0. The van der Waals surface area contributed by atoms with E-state index in [1.165, 1.54) is 23.1 Å². The molecular weight excluding hydrogens is 388 g/mol. The van der Waals surface area contributed by atoms with Crippen molar-refractivity contribution in [1.82, 2.24) is 9.80 Å². The van der Waals surface area contributed by atoms with E-state index in [1.807, 2.05) is 4.90 Å². The lowest BCUT2D eigenvalue weighted by Gasteiger charge is -2.35. The zero-order valence-electron chi connectivity index (χ0n) is 15.0. The molecule has 1 aromatic rings. The SMILES string of the molecule is CC(OC(=O)N1CCN(Cc2ccc(F)cc2COC(=O)O)CC1)C(F)(F)F. The van der Waals surface area contributed by atoms with E-state index >= 15 is 0 Å². The number of hydrogen-bond donors (Lipinski definition) is 1. The molecule has 28 heavy (non-hydrogen) atoms. The van der Waals surface area contributed by atoms with Gasteiger partial charge in [0.05, 0.1) is 0 Å². The lowest BCUT2D eigenvalue weighted by molar-refractivity contribution is -0.200. The van der Waals surface area contributed by atoms with E-state index < -0.39 is 30.3 Å². The molecule has 2 rings (SSSR count). The number of rotatable bonds is 5. The van der Waals surface area contributed by atoms with Crippen LogP contribution in [0.5, 0.6) is 0 Å². The third-order valence-corrected chi connectivity index (χ3v) is 4.28. The van der Waals surface area contributed by atoms with Gasteiger partial charge in [0, 0.05) is 32.7 Å². The van der Waals surface area contributed by atoms with E-state index in [4.69, 9.17) is 5.11 Å². The van der Waals surface area contributed by atoms with Gasteiger partial charge >= 0.3 is 18.4 Å². The van der Waals surface area contributed by atoms with Crippen LogP contribution in [0.15, 0.2) is 18.2 Å². The molecule has 0 aliphatic carbocycles. The summed E-state index contributed by atoms with van der Waals surface area (Å²) in [4.78, 5) is 25.5. The summed E-state index contributed by atoms with van der Waals surface area (Å²) < 4.78 is 59.8. The molecule has 0 spiro atoms. The highest BCUT2D eigenvalue weighted by molar-refractivity contribution is 5.68. The third kappa shape index (κ3) is 6.25. The molecular formula is C17H20F4N2O5. The molecule has 1 aliphatic rings. The zero-order chi connectivity index (χ0) is 20.9. The van der Waals surface area contributed by atoms with E-state index in [0.29, 0.717) is 30.8 Å². The van der Waals surface area contributed by atoms with E-state index in [9.17, 15) is 27.2 Å². The highest BCUT2D eigenvalue weighted by Crippen LogP contribution is 2.23. The van der Waals surface area contributed by atoms with Gasteiger partial charge in [0.1, 0.15) is 12.4 Å². The van der Waals surface area contributed by atoms with Gasteiger partial charge in [-0.1, -0.05) is 6.07 Å². The first-order valence-corrected chi connectivity index (χ1v) is 8.44. The van der Waals surface area contributed by atoms with Crippen molar-refractivity contribution in [3.05, 3.63) is 35.1 Å². The summed E-state index contributed by atoms with van der Waals surface area (Å²) in [5.74, 6) is -0.529. The lowest BCUT2D eigenvalue weighted by atomic mass is 10.1. The Hall–Kier alpha value is -2.56. The maximum absolute atomic E-state index is 13.4. The molecule has 1 N–H and O–H groups in total. The quantitative estimate of drug-likeness (QED) is 0.595. The van der Waals surface area contributed by atoms with E-state index in [2.05, 4.69) is 9.47 Å². The summed E-state index contributed by atoms with van der Waals surface area (Å²) in [5.41, 5.74) is 1.03. The highest BCUT2D eigenvalue weighted by atomic mass is 19.4. The lowest BCUT2D eigenvalue weighted by Crippen LogP contribution is -2.49. The molecule has 1 atom stereocenters. The van der Waals surface area contributed by atoms with Crippen molar-refractivity contribution >= 4 is 12.2 Å². The van der Waals surface area contributed by atoms with Crippen molar-refractivity contribution in [3.63, 3.8) is 0 Å². The molecule has 1 aromatic carbocycles. The standard InChI is InChI=1S/C17H20F4N2O5/c1-11(17(19,20)21)28-15(24)23-6-4-22(5-7-23)9-12-2-3-14(18)8-13(12)10-27-16(25)26/h2-3,8,11H,4-7,9-10H2,1H3,(H,25,26). The Balaban J connectivity index is 1.90. The van der Waals surface area contributed by atoms with Crippen LogP contribution in [0.2, 0.25) is 0 Å². The van der Waals surface area contributed by atoms with Crippen molar-refractivity contribution in [2.75, 3.05) is 26.2 Å². The summed E-state index contributed by atoms with van der Waals surface area (Å²) in [5, 5.41) is 8.60. The number of carbonyl (C=O) groups excluding carboxylic acids is 1. The summed E-state index contributed by atoms with van der Waals surface area (Å²) >= 11 is 0. The van der Waals surface area contributed by atoms with Crippen LogP contribution in [0.1, 0.15) is 18.1 Å². The maximum atomic E-state index is 13.4. The fourth-order valence-electron chi connectivity index (χ4n) is 2.64. The molecule has 0 saturated carbocycles. The average Bonchev–Trinajstić information content (AvgIpc) is 2.61. The first-order valence-electron chi connectivity index (χ1n) is 8.44. The monoisotopic (exact) mass is 408 g/mol. The number of amides is 1. The van der Waals surface area contributed by atoms with E-state index in [1.54, 1.807) is 0 Å². The first-order chi connectivity index (χ1) is 13.1. The normalized spacial score (nSPS) is 16.5. The van der Waals surface area contributed by atoms with Crippen LogP contribution >= 0.6 is 0 Å². The Morgan fingerprint density at radius 1 is 1.18 bits per heavy atom. The van der Waals surface area contributed by atoms with Crippen molar-refractivity contribution in [2.45, 2.75) is 32.4 Å². The molecule has 0 bridgehead atoms. The summed E-state index contributed by atoms with van der Waals surface area (Å²) in [6, 6.07) is 3.94. The van der Waals surface area contributed by atoms with Gasteiger partial charge in [0.2, 0.25) is 0 Å². The van der Waals surface area contributed by atoms with Gasteiger partial charge in [-0.2, -0.15) is 13.2 Å². The van der Waals surface area contributed by atoms with E-state index in [-0.39, 0.29) is 19.7 Å². The third-order valence-electron chi connectivity index (χ3n) is 4.28. The van der Waals surface area contributed by atoms with Crippen LogP contribution in [0.3, 0.4) is 0 Å². The number of ether oxygens (including phenoxy) is 2. The van der Waals surface area contributed by atoms with Gasteiger partial charge < -0.3 is 19.5 Å². The Bertz CT molecular complexity index is 705. The van der Waals surface area contributed by atoms with Crippen molar-refractivity contribution in [3.8, 4) is 0 Å². The molecule has 1 fully saturated rings. The number of nitrogens with zero attached hydrogens (tertiary/aromatic N) is 2. The van der Waals surface area contributed by atoms with Gasteiger partial charge in [-0.25, -0.2) is 14.0 Å². The van der Waals surface area contributed by atoms with Gasteiger partial charge in [-0.05, 0) is 30.2 Å². The molecule has 1 amide bonds. The van der Waals surface area contributed by atoms with E-state index in [0.717, 1.165) is 6.92 Å². The van der Waals surface area contributed by atoms with Crippen LogP contribution in [-0.4, -0.2) is 65.6 Å². The largest absolute Gasteiger partial charge is 0.506 e. The number of benzene rings is 1. The first kappa shape index (κ1) is 21.7. The van der Waals surface area contributed by atoms with Gasteiger partial charge in [-0.15, -0.1) is 0 Å². The van der Waals surface area contributed by atoms with Crippen LogP contribution in [0.4, 0.5) is 27.2 Å². The number of halogens is 4. The van der Waals surface area contributed by atoms with Crippen molar-refractivity contribution < 1.29 is 41.7 Å². The number of hydrogen-bond acceptors (Lipinski definition) is 5. The summed E-state index contributed by atoms with van der Waals surface area (Å²) in [7, 11) is 0. The Morgan fingerprint density at radius 2 is 1.82 bits per heavy atom.